The molecular formula is C53H35N5. The van der Waals surface area contributed by atoms with Crippen LogP contribution in [0.2, 0.25) is 0 Å². The smallest absolute Gasteiger partial charge is 0.163 e. The third kappa shape index (κ3) is 5.68. The van der Waals surface area contributed by atoms with Gasteiger partial charge in [0.25, 0.3) is 0 Å². The first kappa shape index (κ1) is 33.4. The SMILES string of the molecule is c1ccc(-c2nc(-c3cccc(-c4cccc(-c5nc6c(-c7ccccc7)cccc6n5-c5ccccc5)c4)c3)n3c(-c4ccccc4)c4ccccc4c3n2)cc1. The molecule has 11 aromatic rings. The second-order valence-corrected chi connectivity index (χ2v) is 14.5. The predicted molar refractivity (Wildman–Crippen MR) is 238 cm³/mol. The van der Waals surface area contributed by atoms with Crippen LogP contribution in [-0.2, 0) is 0 Å². The van der Waals surface area contributed by atoms with E-state index in [1.165, 1.54) is 0 Å². The summed E-state index contributed by atoms with van der Waals surface area (Å²) >= 11 is 0. The molecule has 0 spiro atoms. The summed E-state index contributed by atoms with van der Waals surface area (Å²) in [4.78, 5) is 16.0. The number of fused-ring (bicyclic) bond motifs is 4. The molecule has 0 amide bonds. The number of hydrogen-bond acceptors (Lipinski definition) is 3. The molecule has 58 heavy (non-hydrogen) atoms. The monoisotopic (exact) mass is 741 g/mol. The van der Waals surface area contributed by atoms with E-state index in [0.29, 0.717) is 5.82 Å². The number of benzene rings is 8. The molecule has 0 saturated carbocycles. The van der Waals surface area contributed by atoms with Gasteiger partial charge < -0.3 is 0 Å². The van der Waals surface area contributed by atoms with Crippen LogP contribution in [-0.4, -0.2) is 23.9 Å². The molecule has 3 heterocycles. The molecule has 0 fully saturated rings. The first-order chi connectivity index (χ1) is 28.8. The van der Waals surface area contributed by atoms with Crippen molar-refractivity contribution >= 4 is 27.5 Å². The second-order valence-electron chi connectivity index (χ2n) is 14.5. The lowest BCUT2D eigenvalue weighted by Crippen LogP contribution is -2.03. The molecule has 8 aromatic carbocycles. The molecule has 272 valence electrons. The zero-order chi connectivity index (χ0) is 38.4. The molecule has 0 aliphatic carbocycles. The number of rotatable bonds is 7. The van der Waals surface area contributed by atoms with Gasteiger partial charge in [-0.1, -0.05) is 182 Å². The maximum atomic E-state index is 5.41. The van der Waals surface area contributed by atoms with E-state index < -0.39 is 0 Å². The van der Waals surface area contributed by atoms with E-state index in [2.05, 4.69) is 203 Å². The Hall–Kier alpha value is -7.89. The number of nitrogens with zero attached hydrogens (tertiary/aromatic N) is 5. The van der Waals surface area contributed by atoms with Crippen molar-refractivity contribution in [3.05, 3.63) is 212 Å². The number of para-hydroxylation sites is 2. The Balaban J connectivity index is 1.11. The zero-order valence-electron chi connectivity index (χ0n) is 31.4. The molecule has 11 rings (SSSR count). The lowest BCUT2D eigenvalue weighted by Gasteiger charge is -2.14. The van der Waals surface area contributed by atoms with E-state index in [-0.39, 0.29) is 0 Å². The fraction of sp³-hybridized carbons (Fsp3) is 0. The van der Waals surface area contributed by atoms with Crippen molar-refractivity contribution in [2.75, 3.05) is 0 Å². The molecule has 0 atom stereocenters. The molecule has 0 aliphatic heterocycles. The highest BCUT2D eigenvalue weighted by Gasteiger charge is 2.22. The molecule has 5 nitrogen and oxygen atoms in total. The van der Waals surface area contributed by atoms with Crippen LogP contribution in [0.4, 0.5) is 0 Å². The highest BCUT2D eigenvalue weighted by atomic mass is 15.1. The van der Waals surface area contributed by atoms with Gasteiger partial charge in [-0.2, -0.15) is 0 Å². The standard InChI is InChI=1S/C53H35N5/c1-5-18-36(19-6-1)44-32-17-33-47-48(44)54-51(57(47)43-28-11-4-12-29-43)41-26-15-24-39(34-41)40-25-16-27-42(35-40)52-55-50(38-22-9-3-10-23-38)56-53-46-31-14-13-30-45(46)49(58(52)53)37-20-7-2-8-21-37/h1-35H. The van der Waals surface area contributed by atoms with Crippen molar-refractivity contribution in [2.24, 2.45) is 0 Å². The highest BCUT2D eigenvalue weighted by molar-refractivity contribution is 6.06. The van der Waals surface area contributed by atoms with Crippen LogP contribution < -0.4 is 0 Å². The van der Waals surface area contributed by atoms with Crippen molar-refractivity contribution in [2.45, 2.75) is 0 Å². The molecule has 0 N–H and O–H groups in total. The molecular weight excluding hydrogens is 707 g/mol. The van der Waals surface area contributed by atoms with Crippen LogP contribution in [0, 0.1) is 0 Å². The van der Waals surface area contributed by atoms with Crippen LogP contribution in [0.1, 0.15) is 0 Å². The maximum absolute atomic E-state index is 5.41. The minimum Gasteiger partial charge on any atom is -0.292 e. The van der Waals surface area contributed by atoms with E-state index in [1.54, 1.807) is 0 Å². The van der Waals surface area contributed by atoms with Gasteiger partial charge in [-0.05, 0) is 52.6 Å². The average Bonchev–Trinajstić information content (AvgIpc) is 3.87. The summed E-state index contributed by atoms with van der Waals surface area (Å²) in [5, 5.41) is 2.22. The van der Waals surface area contributed by atoms with E-state index in [1.807, 2.05) is 18.2 Å². The average molecular weight is 742 g/mol. The Labute approximate surface area is 335 Å². The lowest BCUT2D eigenvalue weighted by molar-refractivity contribution is 1.05. The molecule has 0 bridgehead atoms. The molecule has 0 unspecified atom stereocenters. The third-order valence-electron chi connectivity index (χ3n) is 10.9. The topological polar surface area (TPSA) is 48.0 Å². The Morgan fingerprint density at radius 1 is 0.345 bits per heavy atom. The molecule has 0 aliphatic rings. The highest BCUT2D eigenvalue weighted by Crippen LogP contribution is 2.39. The number of aromatic nitrogens is 5. The normalized spacial score (nSPS) is 11.4. The second kappa shape index (κ2) is 14.0. The Bertz CT molecular complexity index is 3260. The minimum absolute atomic E-state index is 0.688. The van der Waals surface area contributed by atoms with Gasteiger partial charge in [0.15, 0.2) is 5.82 Å². The van der Waals surface area contributed by atoms with Crippen LogP contribution in [0.5, 0.6) is 0 Å². The largest absolute Gasteiger partial charge is 0.292 e. The zero-order valence-corrected chi connectivity index (χ0v) is 31.4. The minimum atomic E-state index is 0.688. The Kier molecular flexibility index (Phi) is 8.07. The van der Waals surface area contributed by atoms with Gasteiger partial charge in [0.05, 0.1) is 16.7 Å². The Morgan fingerprint density at radius 3 is 1.53 bits per heavy atom. The summed E-state index contributed by atoms with van der Waals surface area (Å²) in [7, 11) is 0. The van der Waals surface area contributed by atoms with E-state index in [4.69, 9.17) is 15.0 Å². The quantitative estimate of drug-likeness (QED) is 0.163. The summed E-state index contributed by atoms with van der Waals surface area (Å²) in [5.74, 6) is 2.41. The van der Waals surface area contributed by atoms with Gasteiger partial charge in [-0.15, -0.1) is 0 Å². The van der Waals surface area contributed by atoms with Gasteiger partial charge >= 0.3 is 0 Å². The maximum Gasteiger partial charge on any atom is 0.163 e. The summed E-state index contributed by atoms with van der Waals surface area (Å²) < 4.78 is 4.52. The van der Waals surface area contributed by atoms with Gasteiger partial charge in [0.1, 0.15) is 17.3 Å². The van der Waals surface area contributed by atoms with Crippen LogP contribution in [0.25, 0.3) is 101 Å². The molecule has 0 radical (unpaired) electrons. The van der Waals surface area contributed by atoms with Gasteiger partial charge in [0.2, 0.25) is 0 Å². The van der Waals surface area contributed by atoms with E-state index >= 15 is 0 Å². The first-order valence-corrected chi connectivity index (χ1v) is 19.5. The summed E-state index contributed by atoms with van der Waals surface area (Å²) in [6.07, 6.45) is 0. The predicted octanol–water partition coefficient (Wildman–Crippen LogP) is 13.2. The first-order valence-electron chi connectivity index (χ1n) is 19.5. The fourth-order valence-electron chi connectivity index (χ4n) is 8.27. The lowest BCUT2D eigenvalue weighted by atomic mass is 10.00. The van der Waals surface area contributed by atoms with Crippen LogP contribution in [0.15, 0.2) is 212 Å². The third-order valence-corrected chi connectivity index (χ3v) is 10.9. The fourth-order valence-corrected chi connectivity index (χ4v) is 8.27. The van der Waals surface area contributed by atoms with Crippen molar-refractivity contribution in [1.29, 1.82) is 0 Å². The Morgan fingerprint density at radius 2 is 0.862 bits per heavy atom. The van der Waals surface area contributed by atoms with Gasteiger partial charge in [0, 0.05) is 38.7 Å². The summed E-state index contributed by atoms with van der Waals surface area (Å²) in [6, 6.07) is 74.3. The van der Waals surface area contributed by atoms with Crippen LogP contribution in [0.3, 0.4) is 0 Å². The molecule has 3 aromatic heterocycles. The molecule has 5 heteroatoms. The van der Waals surface area contributed by atoms with Crippen molar-refractivity contribution in [3.8, 4) is 73.4 Å². The van der Waals surface area contributed by atoms with Crippen molar-refractivity contribution in [3.63, 3.8) is 0 Å². The van der Waals surface area contributed by atoms with Crippen LogP contribution >= 0.6 is 0 Å². The molecule has 0 saturated heterocycles. The summed E-state index contributed by atoms with van der Waals surface area (Å²) in [6.45, 7) is 0. The van der Waals surface area contributed by atoms with Gasteiger partial charge in [-0.3, -0.25) is 8.97 Å². The van der Waals surface area contributed by atoms with Gasteiger partial charge in [-0.25, -0.2) is 15.0 Å². The number of imidazole rings is 1. The van der Waals surface area contributed by atoms with E-state index in [0.717, 1.165) is 95.0 Å². The van der Waals surface area contributed by atoms with E-state index in [9.17, 15) is 0 Å². The van der Waals surface area contributed by atoms with Crippen molar-refractivity contribution in [1.82, 2.24) is 23.9 Å². The van der Waals surface area contributed by atoms with Crippen molar-refractivity contribution < 1.29 is 0 Å². The number of hydrogen-bond donors (Lipinski definition) is 0. The summed E-state index contributed by atoms with van der Waals surface area (Å²) in [5.41, 5.74) is 13.6.